The Kier molecular flexibility index (Phi) is 4.53. The minimum Gasteiger partial charge on any atom is -0.369 e. The van der Waals surface area contributed by atoms with Gasteiger partial charge in [-0.3, -0.25) is 15.0 Å². The molecule has 2 aromatic rings. The van der Waals surface area contributed by atoms with E-state index in [-0.39, 0.29) is 6.03 Å². The van der Waals surface area contributed by atoms with E-state index in [1.165, 1.54) is 24.1 Å². The average Bonchev–Trinajstić information content (AvgIpc) is 3.44. The zero-order valence-corrected chi connectivity index (χ0v) is 15.5. The monoisotopic (exact) mass is 354 g/mol. The number of amides is 2. The van der Waals surface area contributed by atoms with Crippen LogP contribution in [0.5, 0.6) is 0 Å². The smallest absolute Gasteiger partial charge is 0.323 e. The molecule has 1 aliphatic carbocycles. The quantitative estimate of drug-likeness (QED) is 0.920. The molecular formula is C19H26N6O. The molecule has 1 saturated heterocycles. The van der Waals surface area contributed by atoms with Crippen molar-refractivity contribution in [1.82, 2.24) is 19.7 Å². The predicted octanol–water partition coefficient (Wildman–Crippen LogP) is 2.75. The number of pyridine rings is 1. The molecule has 0 spiro atoms. The highest BCUT2D eigenvalue weighted by Crippen LogP contribution is 2.39. The Bertz CT molecular complexity index is 797. The van der Waals surface area contributed by atoms with Crippen molar-refractivity contribution in [2.75, 3.05) is 36.4 Å². The second kappa shape index (κ2) is 6.97. The van der Waals surface area contributed by atoms with Crippen LogP contribution < -0.4 is 10.2 Å². The number of hydrogen-bond donors (Lipinski definition) is 1. The van der Waals surface area contributed by atoms with Gasteiger partial charge in [0.25, 0.3) is 0 Å². The van der Waals surface area contributed by atoms with E-state index in [4.69, 9.17) is 0 Å². The Labute approximate surface area is 154 Å². The maximum atomic E-state index is 12.7. The summed E-state index contributed by atoms with van der Waals surface area (Å²) in [5, 5.41) is 7.56. The summed E-state index contributed by atoms with van der Waals surface area (Å²) in [4.78, 5) is 21.1. The standard InChI is InChI=1S/C19H26N6O/c1-14-13-20-7-6-17(14)24-8-3-9-25(11-10-24)19(26)21-18-12-16(15-4-5-15)22-23(18)2/h6-7,12-13,15H,3-5,8-11H2,1-2H3,(H,21,26). The first-order valence-electron chi connectivity index (χ1n) is 9.37. The van der Waals surface area contributed by atoms with Gasteiger partial charge in [0.15, 0.2) is 0 Å². The molecule has 7 nitrogen and oxygen atoms in total. The van der Waals surface area contributed by atoms with Crippen LogP contribution in [0.25, 0.3) is 0 Å². The highest BCUT2D eigenvalue weighted by Gasteiger charge is 2.27. The second-order valence-corrected chi connectivity index (χ2v) is 7.27. The van der Waals surface area contributed by atoms with Crippen molar-refractivity contribution in [3.05, 3.63) is 35.8 Å². The van der Waals surface area contributed by atoms with E-state index in [1.54, 1.807) is 4.68 Å². The Balaban J connectivity index is 1.39. The van der Waals surface area contributed by atoms with Crippen LogP contribution in [0, 0.1) is 6.92 Å². The lowest BCUT2D eigenvalue weighted by Crippen LogP contribution is -2.38. The number of urea groups is 1. The van der Waals surface area contributed by atoms with Crippen LogP contribution in [-0.2, 0) is 7.05 Å². The third kappa shape index (κ3) is 3.52. The van der Waals surface area contributed by atoms with Crippen LogP contribution in [0.15, 0.2) is 24.5 Å². The molecule has 2 fully saturated rings. The number of hydrogen-bond acceptors (Lipinski definition) is 4. The number of aromatic nitrogens is 3. The summed E-state index contributed by atoms with van der Waals surface area (Å²) in [5.74, 6) is 1.37. The lowest BCUT2D eigenvalue weighted by molar-refractivity contribution is 0.215. The van der Waals surface area contributed by atoms with Crippen molar-refractivity contribution in [3.8, 4) is 0 Å². The molecule has 4 rings (SSSR count). The molecule has 0 atom stereocenters. The summed E-state index contributed by atoms with van der Waals surface area (Å²) in [6.45, 7) is 5.33. The second-order valence-electron chi connectivity index (χ2n) is 7.27. The molecule has 2 aliphatic rings. The van der Waals surface area contributed by atoms with Gasteiger partial charge in [0, 0.05) is 63.3 Å². The molecule has 0 radical (unpaired) electrons. The number of aryl methyl sites for hydroxylation is 2. The number of anilines is 2. The van der Waals surface area contributed by atoms with Crippen LogP contribution in [-0.4, -0.2) is 51.9 Å². The lowest BCUT2D eigenvalue weighted by atomic mass is 10.2. The van der Waals surface area contributed by atoms with Crippen molar-refractivity contribution in [2.24, 2.45) is 7.05 Å². The molecule has 3 heterocycles. The molecule has 7 heteroatoms. The summed E-state index contributed by atoms with van der Waals surface area (Å²) in [7, 11) is 1.89. The van der Waals surface area contributed by atoms with Crippen molar-refractivity contribution >= 4 is 17.5 Å². The van der Waals surface area contributed by atoms with Gasteiger partial charge >= 0.3 is 6.03 Å². The summed E-state index contributed by atoms with van der Waals surface area (Å²) < 4.78 is 1.77. The fourth-order valence-electron chi connectivity index (χ4n) is 3.56. The lowest BCUT2D eigenvalue weighted by Gasteiger charge is -2.25. The van der Waals surface area contributed by atoms with Gasteiger partial charge in [-0.1, -0.05) is 0 Å². The number of carbonyl (C=O) groups excluding carboxylic acids is 1. The SMILES string of the molecule is Cc1cnccc1N1CCCN(C(=O)Nc2cc(C3CC3)nn2C)CC1. The Hall–Kier alpha value is -2.57. The summed E-state index contributed by atoms with van der Waals surface area (Å²) in [6, 6.07) is 4.03. The first-order valence-corrected chi connectivity index (χ1v) is 9.37. The van der Waals surface area contributed by atoms with E-state index < -0.39 is 0 Å². The molecule has 1 saturated carbocycles. The Morgan fingerprint density at radius 3 is 2.85 bits per heavy atom. The van der Waals surface area contributed by atoms with Gasteiger partial charge < -0.3 is 9.80 Å². The van der Waals surface area contributed by atoms with E-state index in [1.807, 2.05) is 30.4 Å². The molecule has 138 valence electrons. The van der Waals surface area contributed by atoms with Crippen LogP contribution in [0.4, 0.5) is 16.3 Å². The maximum Gasteiger partial charge on any atom is 0.323 e. The zero-order valence-electron chi connectivity index (χ0n) is 15.5. The Morgan fingerprint density at radius 1 is 1.23 bits per heavy atom. The van der Waals surface area contributed by atoms with Gasteiger partial charge in [-0.25, -0.2) is 4.79 Å². The van der Waals surface area contributed by atoms with Gasteiger partial charge in [0.2, 0.25) is 0 Å². The van der Waals surface area contributed by atoms with Crippen molar-refractivity contribution in [2.45, 2.75) is 32.1 Å². The molecule has 1 N–H and O–H groups in total. The third-order valence-electron chi connectivity index (χ3n) is 5.24. The normalized spacial score (nSPS) is 17.9. The molecule has 0 unspecified atom stereocenters. The molecule has 0 aromatic carbocycles. The molecule has 2 aromatic heterocycles. The summed E-state index contributed by atoms with van der Waals surface area (Å²) in [5.41, 5.74) is 3.48. The first kappa shape index (κ1) is 16.9. The van der Waals surface area contributed by atoms with E-state index in [9.17, 15) is 4.79 Å². The third-order valence-corrected chi connectivity index (χ3v) is 5.24. The van der Waals surface area contributed by atoms with E-state index >= 15 is 0 Å². The Morgan fingerprint density at radius 2 is 2.08 bits per heavy atom. The topological polar surface area (TPSA) is 66.3 Å². The fourth-order valence-corrected chi connectivity index (χ4v) is 3.56. The molecule has 26 heavy (non-hydrogen) atoms. The van der Waals surface area contributed by atoms with Crippen LogP contribution >= 0.6 is 0 Å². The van der Waals surface area contributed by atoms with Gasteiger partial charge in [-0.2, -0.15) is 5.10 Å². The van der Waals surface area contributed by atoms with E-state index in [0.717, 1.165) is 37.6 Å². The van der Waals surface area contributed by atoms with Crippen LogP contribution in [0.2, 0.25) is 0 Å². The van der Waals surface area contributed by atoms with E-state index in [2.05, 4.69) is 33.3 Å². The van der Waals surface area contributed by atoms with Crippen molar-refractivity contribution in [3.63, 3.8) is 0 Å². The molecule has 2 amide bonds. The van der Waals surface area contributed by atoms with Gasteiger partial charge in [-0.15, -0.1) is 0 Å². The zero-order chi connectivity index (χ0) is 18.1. The predicted molar refractivity (Wildman–Crippen MR) is 102 cm³/mol. The summed E-state index contributed by atoms with van der Waals surface area (Å²) in [6.07, 6.45) is 7.09. The maximum absolute atomic E-state index is 12.7. The van der Waals surface area contributed by atoms with Crippen LogP contribution in [0.1, 0.15) is 36.4 Å². The first-order chi connectivity index (χ1) is 12.6. The average molecular weight is 354 g/mol. The number of nitrogens with zero attached hydrogens (tertiary/aromatic N) is 5. The number of carbonyl (C=O) groups is 1. The minimum absolute atomic E-state index is 0.0383. The highest BCUT2D eigenvalue weighted by molar-refractivity contribution is 5.88. The largest absolute Gasteiger partial charge is 0.369 e. The van der Waals surface area contributed by atoms with Crippen molar-refractivity contribution in [1.29, 1.82) is 0 Å². The van der Waals surface area contributed by atoms with Gasteiger partial charge in [0.05, 0.1) is 5.69 Å². The summed E-state index contributed by atoms with van der Waals surface area (Å²) >= 11 is 0. The van der Waals surface area contributed by atoms with Crippen molar-refractivity contribution < 1.29 is 4.79 Å². The number of rotatable bonds is 3. The van der Waals surface area contributed by atoms with E-state index in [0.29, 0.717) is 12.5 Å². The number of nitrogens with one attached hydrogen (secondary N) is 1. The fraction of sp³-hybridized carbons (Fsp3) is 0.526. The molecule has 0 bridgehead atoms. The van der Waals surface area contributed by atoms with Crippen LogP contribution in [0.3, 0.4) is 0 Å². The molecule has 1 aliphatic heterocycles. The van der Waals surface area contributed by atoms with Gasteiger partial charge in [-0.05, 0) is 37.8 Å². The molecular weight excluding hydrogens is 328 g/mol. The minimum atomic E-state index is -0.0383. The highest BCUT2D eigenvalue weighted by atomic mass is 16.2. The van der Waals surface area contributed by atoms with Gasteiger partial charge in [0.1, 0.15) is 5.82 Å².